The molecule has 2 heterocycles. The first-order valence-corrected chi connectivity index (χ1v) is 7.07. The highest BCUT2D eigenvalue weighted by Crippen LogP contribution is 2.28. The van der Waals surface area contributed by atoms with Gasteiger partial charge < -0.3 is 10.2 Å². The molecule has 1 saturated heterocycles. The lowest BCUT2D eigenvalue weighted by atomic mass is 10.2. The van der Waals surface area contributed by atoms with E-state index < -0.39 is 0 Å². The summed E-state index contributed by atoms with van der Waals surface area (Å²) >= 11 is 0. The van der Waals surface area contributed by atoms with Gasteiger partial charge in [0.25, 0.3) is 5.91 Å². The van der Waals surface area contributed by atoms with Crippen molar-refractivity contribution >= 4 is 5.91 Å². The van der Waals surface area contributed by atoms with Gasteiger partial charge in [-0.05, 0) is 39.2 Å². The van der Waals surface area contributed by atoms with Crippen molar-refractivity contribution in [2.75, 3.05) is 13.1 Å². The summed E-state index contributed by atoms with van der Waals surface area (Å²) in [6, 6.07) is 0.862. The molecule has 1 amide bonds. The van der Waals surface area contributed by atoms with Crippen LogP contribution in [0.3, 0.4) is 0 Å². The summed E-state index contributed by atoms with van der Waals surface area (Å²) in [6.45, 7) is 3.75. The number of nitrogens with one attached hydrogen (secondary N) is 1. The molecular formula is C14H20N4O. The van der Waals surface area contributed by atoms with Gasteiger partial charge in [0.2, 0.25) is 0 Å². The predicted octanol–water partition coefficient (Wildman–Crippen LogP) is 1.14. The largest absolute Gasteiger partial charge is 0.333 e. The third kappa shape index (κ3) is 2.92. The van der Waals surface area contributed by atoms with Gasteiger partial charge in [-0.1, -0.05) is 0 Å². The van der Waals surface area contributed by atoms with E-state index in [2.05, 4.69) is 15.3 Å². The summed E-state index contributed by atoms with van der Waals surface area (Å²) in [7, 11) is 0. The van der Waals surface area contributed by atoms with Crippen LogP contribution in [0.5, 0.6) is 0 Å². The molecule has 5 heteroatoms. The lowest BCUT2D eigenvalue weighted by Crippen LogP contribution is -2.42. The highest BCUT2D eigenvalue weighted by atomic mass is 16.2. The number of aryl methyl sites for hydroxylation is 1. The number of hydrogen-bond acceptors (Lipinski definition) is 4. The van der Waals surface area contributed by atoms with E-state index in [0.29, 0.717) is 17.8 Å². The van der Waals surface area contributed by atoms with E-state index in [-0.39, 0.29) is 5.91 Å². The van der Waals surface area contributed by atoms with Crippen LogP contribution < -0.4 is 5.32 Å². The molecule has 1 saturated carbocycles. The Morgan fingerprint density at radius 3 is 2.79 bits per heavy atom. The van der Waals surface area contributed by atoms with Crippen molar-refractivity contribution in [1.82, 2.24) is 20.2 Å². The van der Waals surface area contributed by atoms with Crippen LogP contribution in [0.2, 0.25) is 0 Å². The van der Waals surface area contributed by atoms with Gasteiger partial charge in [-0.25, -0.2) is 4.98 Å². The average molecular weight is 260 g/mol. The van der Waals surface area contributed by atoms with Crippen molar-refractivity contribution in [2.45, 2.75) is 44.7 Å². The fourth-order valence-corrected chi connectivity index (χ4v) is 2.58. The Kier molecular flexibility index (Phi) is 3.46. The zero-order valence-corrected chi connectivity index (χ0v) is 11.3. The average Bonchev–Trinajstić information content (AvgIpc) is 3.13. The summed E-state index contributed by atoms with van der Waals surface area (Å²) < 4.78 is 0. The van der Waals surface area contributed by atoms with Crippen LogP contribution in [0.15, 0.2) is 12.4 Å². The molecule has 1 N–H and O–H groups in total. The highest BCUT2D eigenvalue weighted by Gasteiger charge is 2.35. The molecule has 2 fully saturated rings. The summed E-state index contributed by atoms with van der Waals surface area (Å²) in [5.74, 6) is 0.0312. The Morgan fingerprint density at radius 2 is 2.21 bits per heavy atom. The standard InChI is InChI=1S/C14H20N4O/c1-10-7-17-13(8-16-10)14(19)18(12-4-5-12)9-11-3-2-6-15-11/h7-8,11-12,15H,2-6,9H2,1H3. The van der Waals surface area contributed by atoms with Gasteiger partial charge in [-0.15, -0.1) is 0 Å². The van der Waals surface area contributed by atoms with E-state index in [4.69, 9.17) is 0 Å². The van der Waals surface area contributed by atoms with Crippen LogP contribution in [-0.4, -0.2) is 45.9 Å². The number of carbonyl (C=O) groups is 1. The zero-order valence-electron chi connectivity index (χ0n) is 11.3. The zero-order chi connectivity index (χ0) is 13.2. The van der Waals surface area contributed by atoms with Crippen molar-refractivity contribution in [1.29, 1.82) is 0 Å². The lowest BCUT2D eigenvalue weighted by Gasteiger charge is -2.25. The Labute approximate surface area is 113 Å². The molecular weight excluding hydrogens is 240 g/mol. The first kappa shape index (κ1) is 12.5. The van der Waals surface area contributed by atoms with Crippen molar-refractivity contribution in [3.8, 4) is 0 Å². The lowest BCUT2D eigenvalue weighted by molar-refractivity contribution is 0.0722. The van der Waals surface area contributed by atoms with Crippen molar-refractivity contribution in [3.05, 3.63) is 23.8 Å². The van der Waals surface area contributed by atoms with E-state index in [9.17, 15) is 4.79 Å². The first-order chi connectivity index (χ1) is 9.24. The van der Waals surface area contributed by atoms with E-state index in [0.717, 1.165) is 38.0 Å². The molecule has 0 radical (unpaired) electrons. The van der Waals surface area contributed by atoms with Crippen LogP contribution in [0.25, 0.3) is 0 Å². The summed E-state index contributed by atoms with van der Waals surface area (Å²) in [6.07, 6.45) is 7.87. The quantitative estimate of drug-likeness (QED) is 0.882. The number of rotatable bonds is 4. The minimum atomic E-state index is 0.0312. The molecule has 3 rings (SSSR count). The maximum absolute atomic E-state index is 12.5. The number of aromatic nitrogens is 2. The van der Waals surface area contributed by atoms with Crippen LogP contribution in [0.4, 0.5) is 0 Å². The molecule has 0 spiro atoms. The topological polar surface area (TPSA) is 58.1 Å². The summed E-state index contributed by atoms with van der Waals surface area (Å²) in [5.41, 5.74) is 1.31. The van der Waals surface area contributed by atoms with E-state index in [1.54, 1.807) is 12.4 Å². The summed E-state index contributed by atoms with van der Waals surface area (Å²) in [4.78, 5) is 22.9. The third-order valence-corrected chi connectivity index (χ3v) is 3.83. The molecule has 1 atom stereocenters. The van der Waals surface area contributed by atoms with Gasteiger partial charge in [0.1, 0.15) is 5.69 Å². The minimum absolute atomic E-state index is 0.0312. The molecule has 102 valence electrons. The van der Waals surface area contributed by atoms with Crippen molar-refractivity contribution in [3.63, 3.8) is 0 Å². The predicted molar refractivity (Wildman–Crippen MR) is 71.9 cm³/mol. The van der Waals surface area contributed by atoms with Gasteiger partial charge in [0.15, 0.2) is 0 Å². The fraction of sp³-hybridized carbons (Fsp3) is 0.643. The fourth-order valence-electron chi connectivity index (χ4n) is 2.58. The number of hydrogen-bond donors (Lipinski definition) is 1. The molecule has 5 nitrogen and oxygen atoms in total. The smallest absolute Gasteiger partial charge is 0.274 e. The van der Waals surface area contributed by atoms with Gasteiger partial charge in [-0.2, -0.15) is 0 Å². The van der Waals surface area contributed by atoms with E-state index in [1.807, 2.05) is 11.8 Å². The van der Waals surface area contributed by atoms with Crippen LogP contribution in [-0.2, 0) is 0 Å². The molecule has 1 aromatic heterocycles. The Bertz CT molecular complexity index is 449. The van der Waals surface area contributed by atoms with E-state index >= 15 is 0 Å². The Hall–Kier alpha value is -1.49. The maximum atomic E-state index is 12.5. The molecule has 1 unspecified atom stereocenters. The monoisotopic (exact) mass is 260 g/mol. The van der Waals surface area contributed by atoms with Gasteiger partial charge in [-0.3, -0.25) is 9.78 Å². The molecule has 1 aliphatic heterocycles. The third-order valence-electron chi connectivity index (χ3n) is 3.83. The SMILES string of the molecule is Cc1cnc(C(=O)N(CC2CCCN2)C2CC2)cn1. The van der Waals surface area contributed by atoms with E-state index in [1.165, 1.54) is 6.42 Å². The van der Waals surface area contributed by atoms with Crippen LogP contribution in [0, 0.1) is 6.92 Å². The minimum Gasteiger partial charge on any atom is -0.333 e. The maximum Gasteiger partial charge on any atom is 0.274 e. The number of nitrogens with zero attached hydrogens (tertiary/aromatic N) is 3. The Morgan fingerprint density at radius 1 is 1.37 bits per heavy atom. The number of carbonyl (C=O) groups excluding carboxylic acids is 1. The first-order valence-electron chi connectivity index (χ1n) is 7.07. The number of amides is 1. The molecule has 2 aliphatic rings. The molecule has 0 bridgehead atoms. The second-order valence-corrected chi connectivity index (χ2v) is 5.52. The van der Waals surface area contributed by atoms with Crippen LogP contribution >= 0.6 is 0 Å². The Balaban J connectivity index is 1.71. The summed E-state index contributed by atoms with van der Waals surface area (Å²) in [5, 5.41) is 3.46. The molecule has 1 aliphatic carbocycles. The molecule has 1 aromatic rings. The van der Waals surface area contributed by atoms with Crippen LogP contribution in [0.1, 0.15) is 41.9 Å². The van der Waals surface area contributed by atoms with Crippen molar-refractivity contribution in [2.24, 2.45) is 0 Å². The van der Waals surface area contributed by atoms with Crippen molar-refractivity contribution < 1.29 is 4.79 Å². The normalized spacial score (nSPS) is 22.5. The van der Waals surface area contributed by atoms with Gasteiger partial charge >= 0.3 is 0 Å². The molecule has 0 aromatic carbocycles. The highest BCUT2D eigenvalue weighted by molar-refractivity contribution is 5.92. The molecule has 19 heavy (non-hydrogen) atoms. The van der Waals surface area contributed by atoms with Gasteiger partial charge in [0, 0.05) is 24.8 Å². The second kappa shape index (κ2) is 5.25. The second-order valence-electron chi connectivity index (χ2n) is 5.52. The van der Waals surface area contributed by atoms with Gasteiger partial charge in [0.05, 0.1) is 11.9 Å².